The summed E-state index contributed by atoms with van der Waals surface area (Å²) in [5.74, 6) is -0.409. The summed E-state index contributed by atoms with van der Waals surface area (Å²) in [5, 5.41) is 3.58. The zero-order valence-corrected chi connectivity index (χ0v) is 14.6. The van der Waals surface area contributed by atoms with Gasteiger partial charge in [0.25, 0.3) is 10.0 Å². The number of rotatable bonds is 7. The molecule has 1 aromatic heterocycles. The molecule has 2 aromatic rings. The number of sulfonamides is 1. The van der Waals surface area contributed by atoms with E-state index in [-0.39, 0.29) is 22.5 Å². The highest BCUT2D eigenvalue weighted by atomic mass is 32.2. The first-order valence-electron chi connectivity index (χ1n) is 7.78. The van der Waals surface area contributed by atoms with Crippen molar-refractivity contribution in [3.63, 3.8) is 0 Å². The molecule has 0 aliphatic heterocycles. The highest BCUT2D eigenvalue weighted by molar-refractivity contribution is 7.92. The summed E-state index contributed by atoms with van der Waals surface area (Å²) in [7, 11) is -3.85. The minimum atomic E-state index is -3.85. The van der Waals surface area contributed by atoms with Gasteiger partial charge >= 0.3 is 0 Å². The van der Waals surface area contributed by atoms with Crippen molar-refractivity contribution in [3.8, 4) is 0 Å². The van der Waals surface area contributed by atoms with Gasteiger partial charge in [-0.25, -0.2) is 13.1 Å². The number of hydrogen-bond donors (Lipinski definition) is 2. The third kappa shape index (κ3) is 4.12. The van der Waals surface area contributed by atoms with Crippen molar-refractivity contribution in [1.82, 2.24) is 10.0 Å². The Labute approximate surface area is 144 Å². The molecule has 1 aliphatic carbocycles. The van der Waals surface area contributed by atoms with Crippen LogP contribution in [0.15, 0.2) is 34.5 Å². The van der Waals surface area contributed by atoms with Crippen LogP contribution in [0.2, 0.25) is 0 Å². The molecular weight excluding hydrogens is 348 g/mol. The highest BCUT2D eigenvalue weighted by Crippen LogP contribution is 2.29. The lowest BCUT2D eigenvalue weighted by Crippen LogP contribution is -2.31. The third-order valence-electron chi connectivity index (χ3n) is 3.74. The molecule has 0 saturated heterocycles. The lowest BCUT2D eigenvalue weighted by molar-refractivity contribution is -0.123. The fourth-order valence-corrected chi connectivity index (χ4v) is 4.70. The van der Waals surface area contributed by atoms with Gasteiger partial charge < -0.3 is 5.32 Å². The summed E-state index contributed by atoms with van der Waals surface area (Å²) in [6.07, 6.45) is 2.32. The van der Waals surface area contributed by atoms with E-state index in [0.29, 0.717) is 13.0 Å². The third-order valence-corrected chi connectivity index (χ3v) is 6.71. The minimum Gasteiger partial charge on any atom is -0.356 e. The Kier molecular flexibility index (Phi) is 4.86. The van der Waals surface area contributed by atoms with Gasteiger partial charge in [0.15, 0.2) is 0 Å². The molecule has 0 spiro atoms. The molecule has 8 heteroatoms. The first-order valence-corrected chi connectivity index (χ1v) is 10.1. The van der Waals surface area contributed by atoms with Crippen LogP contribution in [-0.4, -0.2) is 26.8 Å². The molecule has 1 heterocycles. The van der Waals surface area contributed by atoms with Crippen LogP contribution in [0, 0.1) is 5.92 Å². The van der Waals surface area contributed by atoms with Crippen LogP contribution in [0.5, 0.6) is 0 Å². The van der Waals surface area contributed by atoms with Gasteiger partial charge in [0.1, 0.15) is 4.21 Å². The molecule has 0 radical (unpaired) electrons. The van der Waals surface area contributed by atoms with Crippen molar-refractivity contribution < 1.29 is 18.0 Å². The second-order valence-electron chi connectivity index (χ2n) is 5.80. The largest absolute Gasteiger partial charge is 0.356 e. The Hall–Kier alpha value is -1.93. The summed E-state index contributed by atoms with van der Waals surface area (Å²) in [5.41, 5.74) is 0. The molecule has 128 valence electrons. The number of carbonyl (C=O) groups is 2. The van der Waals surface area contributed by atoms with Crippen molar-refractivity contribution in [2.24, 2.45) is 5.92 Å². The van der Waals surface area contributed by atoms with Gasteiger partial charge in [0.2, 0.25) is 11.8 Å². The second-order valence-corrected chi connectivity index (χ2v) is 8.79. The van der Waals surface area contributed by atoms with Crippen LogP contribution in [0.3, 0.4) is 0 Å². The first-order chi connectivity index (χ1) is 11.5. The predicted octanol–water partition coefficient (Wildman–Crippen LogP) is 2.01. The maximum absolute atomic E-state index is 12.3. The predicted molar refractivity (Wildman–Crippen MR) is 92.1 cm³/mol. The quantitative estimate of drug-likeness (QED) is 0.733. The Bertz CT molecular complexity index is 836. The number of thiophene rings is 1. The highest BCUT2D eigenvalue weighted by Gasteiger charge is 2.29. The maximum Gasteiger partial charge on any atom is 0.273 e. The average molecular weight is 366 g/mol. The van der Waals surface area contributed by atoms with E-state index in [1.165, 1.54) is 0 Å². The fourth-order valence-electron chi connectivity index (χ4n) is 2.29. The van der Waals surface area contributed by atoms with Crippen LogP contribution < -0.4 is 10.0 Å². The lowest BCUT2D eigenvalue weighted by Gasteiger charge is -2.06. The summed E-state index contributed by atoms with van der Waals surface area (Å²) >= 11 is 1.13. The fraction of sp³-hybridized carbons (Fsp3) is 0.375. The van der Waals surface area contributed by atoms with Crippen molar-refractivity contribution in [2.75, 3.05) is 6.54 Å². The number of benzene rings is 1. The van der Waals surface area contributed by atoms with Crippen LogP contribution in [-0.2, 0) is 19.6 Å². The Morgan fingerprint density at radius 3 is 2.67 bits per heavy atom. The Balaban J connectivity index is 1.51. The maximum atomic E-state index is 12.3. The van der Waals surface area contributed by atoms with E-state index in [1.54, 1.807) is 6.07 Å². The number of fused-ring (bicyclic) bond motifs is 1. The molecule has 24 heavy (non-hydrogen) atoms. The Morgan fingerprint density at radius 2 is 1.96 bits per heavy atom. The molecule has 2 N–H and O–H groups in total. The molecule has 0 unspecified atom stereocenters. The van der Waals surface area contributed by atoms with Crippen LogP contribution in [0.25, 0.3) is 10.1 Å². The van der Waals surface area contributed by atoms with E-state index >= 15 is 0 Å². The van der Waals surface area contributed by atoms with Crippen molar-refractivity contribution >= 4 is 43.3 Å². The molecule has 1 aliphatic rings. The SMILES string of the molecule is O=C(CCCNC(=O)C1CC1)NS(=O)(=O)c1cc2ccccc2s1. The first kappa shape index (κ1) is 16.9. The molecule has 1 saturated carbocycles. The molecular formula is C16H18N2O4S2. The summed E-state index contributed by atoms with van der Waals surface area (Å²) < 4.78 is 27.6. The molecule has 0 bridgehead atoms. The second kappa shape index (κ2) is 6.90. The van der Waals surface area contributed by atoms with Gasteiger partial charge in [-0.3, -0.25) is 9.59 Å². The smallest absolute Gasteiger partial charge is 0.273 e. The van der Waals surface area contributed by atoms with Gasteiger partial charge in [-0.1, -0.05) is 18.2 Å². The van der Waals surface area contributed by atoms with Crippen molar-refractivity contribution in [2.45, 2.75) is 29.9 Å². The minimum absolute atomic E-state index is 0.0216. The molecule has 0 atom stereocenters. The topological polar surface area (TPSA) is 92.3 Å². The monoisotopic (exact) mass is 366 g/mol. The zero-order valence-electron chi connectivity index (χ0n) is 12.9. The Morgan fingerprint density at radius 1 is 1.21 bits per heavy atom. The van der Waals surface area contributed by atoms with Gasteiger partial charge in [-0.15, -0.1) is 11.3 Å². The summed E-state index contributed by atoms with van der Waals surface area (Å²) in [4.78, 5) is 23.3. The van der Waals surface area contributed by atoms with Gasteiger partial charge in [0.05, 0.1) is 0 Å². The number of amides is 2. The van der Waals surface area contributed by atoms with Crippen LogP contribution in [0.1, 0.15) is 25.7 Å². The summed E-state index contributed by atoms with van der Waals surface area (Å²) in [6.45, 7) is 0.381. The van der Waals surface area contributed by atoms with E-state index in [4.69, 9.17) is 0 Å². The standard InChI is InChI=1S/C16H18N2O4S2/c19-14(6-3-9-17-16(20)11-7-8-11)18-24(21,22)15-10-12-4-1-2-5-13(12)23-15/h1-2,4-5,10-11H,3,6-9H2,(H,17,20)(H,18,19). The number of hydrogen-bond acceptors (Lipinski definition) is 5. The van der Waals surface area contributed by atoms with Crippen molar-refractivity contribution in [1.29, 1.82) is 0 Å². The molecule has 1 aromatic carbocycles. The van der Waals surface area contributed by atoms with E-state index < -0.39 is 15.9 Å². The van der Waals surface area contributed by atoms with E-state index in [9.17, 15) is 18.0 Å². The van der Waals surface area contributed by atoms with E-state index in [0.717, 1.165) is 34.3 Å². The lowest BCUT2D eigenvalue weighted by atomic mass is 10.3. The normalized spacial score (nSPS) is 14.5. The average Bonchev–Trinajstić information content (AvgIpc) is 3.29. The van der Waals surface area contributed by atoms with E-state index in [1.807, 2.05) is 24.3 Å². The molecule has 3 rings (SSSR count). The zero-order chi connectivity index (χ0) is 17.2. The van der Waals surface area contributed by atoms with Gasteiger partial charge in [-0.05, 0) is 36.8 Å². The summed E-state index contributed by atoms with van der Waals surface area (Å²) in [6, 6.07) is 8.90. The van der Waals surface area contributed by atoms with Crippen LogP contribution in [0.4, 0.5) is 0 Å². The van der Waals surface area contributed by atoms with Crippen molar-refractivity contribution in [3.05, 3.63) is 30.3 Å². The molecule has 1 fully saturated rings. The van der Waals surface area contributed by atoms with Gasteiger partial charge in [-0.2, -0.15) is 0 Å². The molecule has 6 nitrogen and oxygen atoms in total. The number of carbonyl (C=O) groups excluding carboxylic acids is 2. The number of nitrogens with one attached hydrogen (secondary N) is 2. The van der Waals surface area contributed by atoms with E-state index in [2.05, 4.69) is 10.0 Å². The van der Waals surface area contributed by atoms with Crippen LogP contribution >= 0.6 is 11.3 Å². The van der Waals surface area contributed by atoms with Gasteiger partial charge in [0, 0.05) is 23.6 Å². The molecule has 2 amide bonds.